The van der Waals surface area contributed by atoms with Crippen molar-refractivity contribution < 1.29 is 18.7 Å². The predicted octanol–water partition coefficient (Wildman–Crippen LogP) is 0.653. The number of benzene rings is 1. The van der Waals surface area contributed by atoms with Crippen molar-refractivity contribution >= 4 is 11.8 Å². The Morgan fingerprint density at radius 2 is 2.00 bits per heavy atom. The molecule has 0 unspecified atom stereocenters. The van der Waals surface area contributed by atoms with Crippen molar-refractivity contribution in [3.63, 3.8) is 0 Å². The summed E-state index contributed by atoms with van der Waals surface area (Å²) >= 11 is 0. The first-order valence-electron chi connectivity index (χ1n) is 6.23. The number of nitrogens with one attached hydrogen (secondary N) is 1. The molecular weight excluding hydrogens is 291 g/mol. The number of ether oxygens (including phenoxy) is 1. The maximum atomic E-state index is 13.3. The van der Waals surface area contributed by atoms with E-state index in [0.717, 1.165) is 6.33 Å². The topological polar surface area (TPSA) is 107 Å². The molecule has 0 aliphatic rings. The van der Waals surface area contributed by atoms with E-state index in [2.05, 4.69) is 15.3 Å². The van der Waals surface area contributed by atoms with Crippen LogP contribution in [0.5, 0.6) is 5.75 Å². The van der Waals surface area contributed by atoms with Crippen molar-refractivity contribution in [3.05, 3.63) is 53.4 Å². The third-order valence-electron chi connectivity index (χ3n) is 2.82. The Morgan fingerprint density at radius 1 is 1.27 bits per heavy atom. The number of carbonyl (C=O) groups is 2. The summed E-state index contributed by atoms with van der Waals surface area (Å²) in [6.45, 7) is 0.144. The van der Waals surface area contributed by atoms with Gasteiger partial charge in [0.15, 0.2) is 11.6 Å². The number of rotatable bonds is 5. The number of amides is 2. The number of aromatic nitrogens is 2. The highest BCUT2D eigenvalue weighted by Crippen LogP contribution is 2.18. The average Bonchev–Trinajstić information content (AvgIpc) is 2.53. The smallest absolute Gasteiger partial charge is 0.270 e. The second-order valence-electron chi connectivity index (χ2n) is 4.30. The fourth-order valence-corrected chi connectivity index (χ4v) is 1.70. The number of nitrogens with two attached hydrogens (primary N) is 1. The molecule has 7 nitrogen and oxygen atoms in total. The van der Waals surface area contributed by atoms with Crippen molar-refractivity contribution in [1.82, 2.24) is 15.3 Å². The zero-order chi connectivity index (χ0) is 16.1. The maximum absolute atomic E-state index is 13.3. The standard InChI is InChI=1S/C14H13FN4O3/c1-22-12-4-8(2-3-9(12)15)6-17-14(21)11-5-10(13(16)20)18-7-19-11/h2-5,7H,6H2,1H3,(H2,16,20)(H,17,21). The van der Waals surface area contributed by atoms with Crippen LogP contribution in [-0.4, -0.2) is 28.9 Å². The van der Waals surface area contributed by atoms with Gasteiger partial charge in [-0.1, -0.05) is 6.07 Å². The van der Waals surface area contributed by atoms with Gasteiger partial charge >= 0.3 is 0 Å². The van der Waals surface area contributed by atoms with Crippen molar-refractivity contribution in [2.45, 2.75) is 6.54 Å². The van der Waals surface area contributed by atoms with E-state index in [-0.39, 0.29) is 23.7 Å². The van der Waals surface area contributed by atoms with Gasteiger partial charge in [0.1, 0.15) is 17.7 Å². The molecule has 2 amide bonds. The lowest BCUT2D eigenvalue weighted by molar-refractivity contribution is 0.0945. The molecule has 0 radical (unpaired) electrons. The summed E-state index contributed by atoms with van der Waals surface area (Å²) in [5, 5.41) is 2.59. The Labute approximate surface area is 125 Å². The van der Waals surface area contributed by atoms with E-state index in [1.807, 2.05) is 0 Å². The molecule has 0 saturated heterocycles. The quantitative estimate of drug-likeness (QED) is 0.843. The van der Waals surface area contributed by atoms with Crippen LogP contribution in [0.4, 0.5) is 4.39 Å². The summed E-state index contributed by atoms with van der Waals surface area (Å²) in [4.78, 5) is 30.4. The van der Waals surface area contributed by atoms with Crippen molar-refractivity contribution in [3.8, 4) is 5.75 Å². The zero-order valence-corrected chi connectivity index (χ0v) is 11.7. The van der Waals surface area contributed by atoms with E-state index in [1.54, 1.807) is 0 Å². The molecule has 22 heavy (non-hydrogen) atoms. The van der Waals surface area contributed by atoms with Crippen molar-refractivity contribution in [1.29, 1.82) is 0 Å². The third kappa shape index (κ3) is 3.54. The molecule has 0 spiro atoms. The Morgan fingerprint density at radius 3 is 2.68 bits per heavy atom. The Bertz CT molecular complexity index is 721. The molecule has 0 aliphatic carbocycles. The van der Waals surface area contributed by atoms with Crippen molar-refractivity contribution in [2.75, 3.05) is 7.11 Å². The van der Waals surface area contributed by atoms with E-state index in [1.165, 1.54) is 31.4 Å². The van der Waals surface area contributed by atoms with Gasteiger partial charge in [0.05, 0.1) is 7.11 Å². The highest BCUT2D eigenvalue weighted by Gasteiger charge is 2.11. The van der Waals surface area contributed by atoms with Crippen LogP contribution in [0.1, 0.15) is 26.5 Å². The molecule has 0 bridgehead atoms. The predicted molar refractivity (Wildman–Crippen MR) is 74.7 cm³/mol. The summed E-state index contributed by atoms with van der Waals surface area (Å²) in [6.07, 6.45) is 1.08. The summed E-state index contributed by atoms with van der Waals surface area (Å²) in [7, 11) is 1.35. The summed E-state index contributed by atoms with van der Waals surface area (Å²) in [5.41, 5.74) is 5.69. The van der Waals surface area contributed by atoms with Gasteiger partial charge in [-0.2, -0.15) is 0 Å². The molecule has 1 aromatic carbocycles. The van der Waals surface area contributed by atoms with Crippen LogP contribution in [-0.2, 0) is 6.54 Å². The van der Waals surface area contributed by atoms with E-state index in [4.69, 9.17) is 10.5 Å². The van der Waals surface area contributed by atoms with Gasteiger partial charge in [-0.15, -0.1) is 0 Å². The van der Waals surface area contributed by atoms with Gasteiger partial charge in [0, 0.05) is 12.6 Å². The fourth-order valence-electron chi connectivity index (χ4n) is 1.70. The minimum Gasteiger partial charge on any atom is -0.494 e. The number of hydrogen-bond donors (Lipinski definition) is 2. The number of methoxy groups -OCH3 is 1. The monoisotopic (exact) mass is 304 g/mol. The van der Waals surface area contributed by atoms with E-state index < -0.39 is 17.6 Å². The van der Waals surface area contributed by atoms with E-state index >= 15 is 0 Å². The van der Waals surface area contributed by atoms with E-state index in [0.29, 0.717) is 5.56 Å². The molecule has 2 aromatic rings. The molecular formula is C14H13FN4O3. The maximum Gasteiger partial charge on any atom is 0.270 e. The molecule has 3 N–H and O–H groups in total. The first kappa shape index (κ1) is 15.4. The molecule has 114 valence electrons. The molecule has 1 aromatic heterocycles. The van der Waals surface area contributed by atoms with Crippen LogP contribution >= 0.6 is 0 Å². The summed E-state index contributed by atoms with van der Waals surface area (Å²) < 4.78 is 18.1. The number of carbonyl (C=O) groups excluding carboxylic acids is 2. The second-order valence-corrected chi connectivity index (χ2v) is 4.30. The van der Waals surface area contributed by atoms with Gasteiger partial charge in [0.2, 0.25) is 0 Å². The van der Waals surface area contributed by atoms with E-state index in [9.17, 15) is 14.0 Å². The first-order chi connectivity index (χ1) is 10.5. The zero-order valence-electron chi connectivity index (χ0n) is 11.7. The number of halogens is 1. The van der Waals surface area contributed by atoms with Gasteiger partial charge in [-0.3, -0.25) is 9.59 Å². The number of primary amides is 1. The normalized spacial score (nSPS) is 10.1. The lowest BCUT2D eigenvalue weighted by atomic mass is 10.2. The van der Waals surface area contributed by atoms with Crippen LogP contribution in [0.25, 0.3) is 0 Å². The molecule has 0 aliphatic heterocycles. The first-order valence-corrected chi connectivity index (χ1v) is 6.23. The second kappa shape index (κ2) is 6.61. The average molecular weight is 304 g/mol. The highest BCUT2D eigenvalue weighted by atomic mass is 19.1. The van der Waals surface area contributed by atoms with Crippen LogP contribution in [0.15, 0.2) is 30.6 Å². The third-order valence-corrected chi connectivity index (χ3v) is 2.82. The molecule has 1 heterocycles. The minimum absolute atomic E-state index is 0.0119. The fraction of sp³-hybridized carbons (Fsp3) is 0.143. The lowest BCUT2D eigenvalue weighted by Gasteiger charge is -2.07. The molecule has 2 rings (SSSR count). The summed E-state index contributed by atoms with van der Waals surface area (Å²) in [6, 6.07) is 5.44. The van der Waals surface area contributed by atoms with Crippen LogP contribution < -0.4 is 15.8 Å². The summed E-state index contributed by atoms with van der Waals surface area (Å²) in [5.74, 6) is -1.66. The minimum atomic E-state index is -0.750. The molecule has 0 saturated carbocycles. The Balaban J connectivity index is 2.07. The van der Waals surface area contributed by atoms with Gasteiger partial charge < -0.3 is 15.8 Å². The largest absolute Gasteiger partial charge is 0.494 e. The Hall–Kier alpha value is -3.03. The van der Waals surface area contributed by atoms with Crippen molar-refractivity contribution in [2.24, 2.45) is 5.73 Å². The molecule has 0 atom stereocenters. The Kier molecular flexibility index (Phi) is 4.62. The van der Waals surface area contributed by atoms with Crippen LogP contribution in [0, 0.1) is 5.82 Å². The van der Waals surface area contributed by atoms with Gasteiger partial charge in [-0.25, -0.2) is 14.4 Å². The molecule has 8 heteroatoms. The molecule has 0 fully saturated rings. The van der Waals surface area contributed by atoms with Crippen LogP contribution in [0.2, 0.25) is 0 Å². The SMILES string of the molecule is COc1cc(CNC(=O)c2cc(C(N)=O)ncn2)ccc1F. The van der Waals surface area contributed by atoms with Gasteiger partial charge in [-0.05, 0) is 17.7 Å². The lowest BCUT2D eigenvalue weighted by Crippen LogP contribution is -2.25. The van der Waals surface area contributed by atoms with Gasteiger partial charge in [0.25, 0.3) is 11.8 Å². The number of hydrogen-bond acceptors (Lipinski definition) is 5. The highest BCUT2D eigenvalue weighted by molar-refractivity contribution is 5.96. The van der Waals surface area contributed by atoms with Crippen LogP contribution in [0.3, 0.4) is 0 Å². The number of nitrogens with zero attached hydrogens (tertiary/aromatic N) is 2.